The van der Waals surface area contributed by atoms with Crippen LogP contribution in [0.15, 0.2) is 40.9 Å². The van der Waals surface area contributed by atoms with Gasteiger partial charge in [0.25, 0.3) is 0 Å². The predicted molar refractivity (Wildman–Crippen MR) is 102 cm³/mol. The highest BCUT2D eigenvalue weighted by Gasteiger charge is 2.22. The summed E-state index contributed by atoms with van der Waals surface area (Å²) in [4.78, 5) is 16.5. The summed E-state index contributed by atoms with van der Waals surface area (Å²) < 4.78 is 11.6. The number of hydrogen-bond donors (Lipinski definition) is 0. The van der Waals surface area contributed by atoms with Gasteiger partial charge in [-0.25, -0.2) is 9.78 Å². The van der Waals surface area contributed by atoms with Crippen molar-refractivity contribution >= 4 is 33.0 Å². The minimum Gasteiger partial charge on any atom is -0.496 e. The van der Waals surface area contributed by atoms with Crippen LogP contribution in [0, 0.1) is 0 Å². The van der Waals surface area contributed by atoms with Crippen molar-refractivity contribution < 1.29 is 14.3 Å². The van der Waals surface area contributed by atoms with E-state index >= 15 is 0 Å². The van der Waals surface area contributed by atoms with E-state index < -0.39 is 0 Å². The van der Waals surface area contributed by atoms with Crippen molar-refractivity contribution in [2.75, 3.05) is 13.7 Å². The second-order valence-electron chi connectivity index (χ2n) is 5.78. The first-order valence-corrected chi connectivity index (χ1v) is 9.13. The van der Waals surface area contributed by atoms with Crippen LogP contribution in [0.3, 0.4) is 0 Å². The minimum absolute atomic E-state index is 0.341. The number of methoxy groups -OCH3 is 1. The normalized spacial score (nSPS) is 13.9. The molecule has 1 aromatic heterocycles. The molecule has 0 aliphatic heterocycles. The van der Waals surface area contributed by atoms with Gasteiger partial charge in [0.1, 0.15) is 11.4 Å². The SMILES string of the molecule is CCOC(=O)c1cccc(C2=C(c3cc(Br)ccc3OC)CCC2)n1. The van der Waals surface area contributed by atoms with E-state index in [4.69, 9.17) is 9.47 Å². The van der Waals surface area contributed by atoms with Gasteiger partial charge < -0.3 is 9.47 Å². The molecular formula is C20H20BrNO3. The highest BCUT2D eigenvalue weighted by molar-refractivity contribution is 9.10. The lowest BCUT2D eigenvalue weighted by molar-refractivity contribution is 0.0519. The topological polar surface area (TPSA) is 48.4 Å². The number of nitrogens with zero attached hydrogens (tertiary/aromatic N) is 1. The van der Waals surface area contributed by atoms with Gasteiger partial charge in [0, 0.05) is 10.0 Å². The lowest BCUT2D eigenvalue weighted by atomic mass is 9.99. The Balaban J connectivity index is 2.07. The zero-order valence-electron chi connectivity index (χ0n) is 14.3. The van der Waals surface area contributed by atoms with Gasteiger partial charge in [0.2, 0.25) is 0 Å². The molecule has 2 aromatic rings. The van der Waals surface area contributed by atoms with Crippen molar-refractivity contribution in [1.29, 1.82) is 0 Å². The van der Waals surface area contributed by atoms with Crippen molar-refractivity contribution in [3.63, 3.8) is 0 Å². The Morgan fingerprint density at radius 2 is 2.00 bits per heavy atom. The molecule has 0 amide bonds. The molecule has 0 fully saturated rings. The number of rotatable bonds is 5. The molecule has 1 aromatic carbocycles. The van der Waals surface area contributed by atoms with E-state index in [2.05, 4.69) is 27.0 Å². The third-order valence-corrected chi connectivity index (χ3v) is 4.74. The molecule has 0 bridgehead atoms. The summed E-state index contributed by atoms with van der Waals surface area (Å²) in [6.45, 7) is 2.13. The number of esters is 1. The first kappa shape index (κ1) is 17.7. The smallest absolute Gasteiger partial charge is 0.356 e. The van der Waals surface area contributed by atoms with Crippen LogP contribution in [0.5, 0.6) is 5.75 Å². The van der Waals surface area contributed by atoms with Crippen molar-refractivity contribution in [1.82, 2.24) is 4.98 Å². The average Bonchev–Trinajstić information content (AvgIpc) is 3.11. The maximum atomic E-state index is 12.0. The predicted octanol–water partition coefficient (Wildman–Crippen LogP) is 5.12. The zero-order valence-corrected chi connectivity index (χ0v) is 15.9. The van der Waals surface area contributed by atoms with E-state index in [0.717, 1.165) is 40.7 Å². The number of carbonyl (C=O) groups is 1. The fourth-order valence-electron chi connectivity index (χ4n) is 3.16. The lowest BCUT2D eigenvalue weighted by Gasteiger charge is -2.13. The van der Waals surface area contributed by atoms with Crippen LogP contribution in [0.4, 0.5) is 0 Å². The maximum absolute atomic E-state index is 12.0. The van der Waals surface area contributed by atoms with Crippen molar-refractivity contribution in [2.45, 2.75) is 26.2 Å². The van der Waals surface area contributed by atoms with Gasteiger partial charge in [-0.1, -0.05) is 22.0 Å². The summed E-state index contributed by atoms with van der Waals surface area (Å²) in [7, 11) is 1.68. The highest BCUT2D eigenvalue weighted by atomic mass is 79.9. The molecule has 1 aliphatic rings. The molecule has 0 atom stereocenters. The van der Waals surface area contributed by atoms with E-state index in [1.54, 1.807) is 20.1 Å². The van der Waals surface area contributed by atoms with Crippen molar-refractivity contribution in [3.8, 4) is 5.75 Å². The average molecular weight is 402 g/mol. The van der Waals surface area contributed by atoms with Crippen LogP contribution < -0.4 is 4.74 Å². The van der Waals surface area contributed by atoms with Gasteiger partial charge in [-0.3, -0.25) is 0 Å². The van der Waals surface area contributed by atoms with Crippen LogP contribution in [0.25, 0.3) is 11.1 Å². The number of benzene rings is 1. The molecule has 1 aliphatic carbocycles. The van der Waals surface area contributed by atoms with Gasteiger partial charge in [-0.15, -0.1) is 0 Å². The zero-order chi connectivity index (χ0) is 17.8. The largest absolute Gasteiger partial charge is 0.496 e. The number of allylic oxidation sites excluding steroid dienone is 2. The Bertz CT molecular complexity index is 829. The lowest BCUT2D eigenvalue weighted by Crippen LogP contribution is -2.08. The molecule has 130 valence electrons. The summed E-state index contributed by atoms with van der Waals surface area (Å²) in [6, 6.07) is 11.5. The van der Waals surface area contributed by atoms with Crippen molar-refractivity contribution in [2.24, 2.45) is 0 Å². The molecule has 3 rings (SSSR count). The molecule has 0 radical (unpaired) electrons. The molecule has 0 unspecified atom stereocenters. The third-order valence-electron chi connectivity index (χ3n) is 4.25. The quantitative estimate of drug-likeness (QED) is 0.651. The number of ether oxygens (including phenoxy) is 2. The summed E-state index contributed by atoms with van der Waals surface area (Å²) in [5.74, 6) is 0.462. The summed E-state index contributed by atoms with van der Waals surface area (Å²) in [6.07, 6.45) is 2.96. The van der Waals surface area contributed by atoms with Crippen LogP contribution in [-0.2, 0) is 4.74 Å². The first-order valence-electron chi connectivity index (χ1n) is 8.34. The van der Waals surface area contributed by atoms with E-state index in [1.807, 2.05) is 24.3 Å². The Hall–Kier alpha value is -2.14. The molecular weight excluding hydrogens is 382 g/mol. The molecule has 4 nitrogen and oxygen atoms in total. The number of aromatic nitrogens is 1. The Morgan fingerprint density at radius 1 is 1.20 bits per heavy atom. The first-order chi connectivity index (χ1) is 12.1. The van der Waals surface area contributed by atoms with Gasteiger partial charge in [0.15, 0.2) is 0 Å². The van der Waals surface area contributed by atoms with Gasteiger partial charge in [0.05, 0.1) is 19.4 Å². The van der Waals surface area contributed by atoms with E-state index in [9.17, 15) is 4.79 Å². The molecule has 0 saturated carbocycles. The van der Waals surface area contributed by atoms with Gasteiger partial charge in [-0.2, -0.15) is 0 Å². The van der Waals surface area contributed by atoms with Crippen LogP contribution in [-0.4, -0.2) is 24.7 Å². The summed E-state index contributed by atoms with van der Waals surface area (Å²) in [5.41, 5.74) is 4.65. The summed E-state index contributed by atoms with van der Waals surface area (Å²) >= 11 is 3.54. The Labute approximate surface area is 156 Å². The minimum atomic E-state index is -0.385. The highest BCUT2D eigenvalue weighted by Crippen LogP contribution is 2.43. The van der Waals surface area contributed by atoms with Crippen molar-refractivity contribution in [3.05, 3.63) is 57.8 Å². The van der Waals surface area contributed by atoms with E-state index in [1.165, 1.54) is 11.1 Å². The number of pyridine rings is 1. The van der Waals surface area contributed by atoms with Gasteiger partial charge >= 0.3 is 5.97 Å². The molecule has 25 heavy (non-hydrogen) atoms. The van der Waals surface area contributed by atoms with E-state index in [-0.39, 0.29) is 5.97 Å². The number of halogens is 1. The fourth-order valence-corrected chi connectivity index (χ4v) is 3.52. The van der Waals surface area contributed by atoms with Crippen LogP contribution in [0.2, 0.25) is 0 Å². The second kappa shape index (κ2) is 7.83. The summed E-state index contributed by atoms with van der Waals surface area (Å²) in [5, 5.41) is 0. The Morgan fingerprint density at radius 3 is 2.76 bits per heavy atom. The number of carbonyl (C=O) groups excluding carboxylic acids is 1. The maximum Gasteiger partial charge on any atom is 0.356 e. The second-order valence-corrected chi connectivity index (χ2v) is 6.70. The molecule has 0 spiro atoms. The third kappa shape index (κ3) is 3.76. The molecule has 0 N–H and O–H groups in total. The molecule has 1 heterocycles. The standard InChI is InChI=1S/C20H20BrNO3/c1-3-25-20(23)18-9-5-8-17(22-18)15-7-4-6-14(15)16-12-13(21)10-11-19(16)24-2/h5,8-12H,3-4,6-7H2,1-2H3. The van der Waals surface area contributed by atoms with Gasteiger partial charge in [-0.05, 0) is 67.7 Å². The molecule has 5 heteroatoms. The monoisotopic (exact) mass is 401 g/mol. The Kier molecular flexibility index (Phi) is 5.53. The number of hydrogen-bond acceptors (Lipinski definition) is 4. The van der Waals surface area contributed by atoms with Crippen LogP contribution in [0.1, 0.15) is 47.9 Å². The fraction of sp³-hybridized carbons (Fsp3) is 0.300. The van der Waals surface area contributed by atoms with E-state index in [0.29, 0.717) is 12.3 Å². The van der Waals surface area contributed by atoms with Crippen LogP contribution >= 0.6 is 15.9 Å². The molecule has 0 saturated heterocycles.